The standard InChI is InChI=1S/C19H21F3N4O3/c1-10-16-13(19(20,21)22)7-14(23-17(16)29-24-10)11-4-3-5-26(9-11)18(28)12-6-15(27)25(2)8-12/h7,11-12H,3-6,8-9H2,1-2H3. The maximum absolute atomic E-state index is 13.6. The van der Waals surface area contributed by atoms with Crippen molar-refractivity contribution in [3.8, 4) is 0 Å². The van der Waals surface area contributed by atoms with E-state index in [4.69, 9.17) is 4.52 Å². The monoisotopic (exact) mass is 410 g/mol. The van der Waals surface area contributed by atoms with Gasteiger partial charge in [-0.2, -0.15) is 13.2 Å². The molecule has 0 spiro atoms. The van der Waals surface area contributed by atoms with Crippen LogP contribution in [0.1, 0.15) is 42.1 Å². The summed E-state index contributed by atoms with van der Waals surface area (Å²) in [6.07, 6.45) is -3.11. The van der Waals surface area contributed by atoms with E-state index in [9.17, 15) is 22.8 Å². The minimum Gasteiger partial charge on any atom is -0.345 e. The summed E-state index contributed by atoms with van der Waals surface area (Å²) in [5.74, 6) is -0.928. The first kappa shape index (κ1) is 19.7. The molecule has 2 aromatic rings. The van der Waals surface area contributed by atoms with Crippen molar-refractivity contribution < 1.29 is 27.3 Å². The lowest BCUT2D eigenvalue weighted by atomic mass is 9.91. The van der Waals surface area contributed by atoms with Crippen molar-refractivity contribution in [3.05, 3.63) is 23.0 Å². The Morgan fingerprint density at radius 2 is 2.07 bits per heavy atom. The number of piperidine rings is 1. The van der Waals surface area contributed by atoms with Crippen LogP contribution in [-0.2, 0) is 15.8 Å². The molecule has 29 heavy (non-hydrogen) atoms. The average molecular weight is 410 g/mol. The average Bonchev–Trinajstić information content (AvgIpc) is 3.22. The summed E-state index contributed by atoms with van der Waals surface area (Å²) in [6.45, 7) is 2.62. The first-order valence-corrected chi connectivity index (χ1v) is 9.52. The first-order chi connectivity index (χ1) is 13.6. The normalized spacial score (nSPS) is 23.3. The molecule has 2 amide bonds. The molecule has 10 heteroatoms. The molecule has 2 aromatic heterocycles. The zero-order chi connectivity index (χ0) is 20.9. The van der Waals surface area contributed by atoms with Crippen LogP contribution in [0.25, 0.3) is 11.1 Å². The van der Waals surface area contributed by atoms with Gasteiger partial charge in [0.2, 0.25) is 11.8 Å². The van der Waals surface area contributed by atoms with Gasteiger partial charge < -0.3 is 14.3 Å². The van der Waals surface area contributed by atoms with Gasteiger partial charge in [0.1, 0.15) is 0 Å². The zero-order valence-corrected chi connectivity index (χ0v) is 16.1. The molecule has 2 saturated heterocycles. The molecule has 0 aromatic carbocycles. The highest BCUT2D eigenvalue weighted by molar-refractivity contribution is 5.89. The molecule has 2 aliphatic rings. The van der Waals surface area contributed by atoms with E-state index in [1.807, 2.05) is 0 Å². The van der Waals surface area contributed by atoms with Crippen LogP contribution >= 0.6 is 0 Å². The summed E-state index contributed by atoms with van der Waals surface area (Å²) in [4.78, 5) is 32.0. The van der Waals surface area contributed by atoms with Crippen molar-refractivity contribution in [2.24, 2.45) is 5.92 Å². The van der Waals surface area contributed by atoms with Gasteiger partial charge in [0.25, 0.3) is 5.71 Å². The number of aryl methyl sites for hydroxylation is 1. The molecule has 0 aliphatic carbocycles. The molecule has 7 nitrogen and oxygen atoms in total. The van der Waals surface area contributed by atoms with Gasteiger partial charge in [-0.15, -0.1) is 0 Å². The van der Waals surface area contributed by atoms with Crippen LogP contribution in [-0.4, -0.2) is 58.4 Å². The van der Waals surface area contributed by atoms with Gasteiger partial charge in [-0.3, -0.25) is 9.59 Å². The maximum Gasteiger partial charge on any atom is 0.417 e. The highest BCUT2D eigenvalue weighted by atomic mass is 19.4. The molecule has 4 rings (SSSR count). The van der Waals surface area contributed by atoms with Crippen LogP contribution in [0.4, 0.5) is 13.2 Å². The summed E-state index contributed by atoms with van der Waals surface area (Å²) in [5, 5.41) is 3.50. The summed E-state index contributed by atoms with van der Waals surface area (Å²) in [7, 11) is 1.66. The zero-order valence-electron chi connectivity index (χ0n) is 16.1. The van der Waals surface area contributed by atoms with Crippen molar-refractivity contribution in [1.29, 1.82) is 0 Å². The number of carbonyl (C=O) groups excluding carboxylic acids is 2. The molecule has 2 unspecified atom stereocenters. The van der Waals surface area contributed by atoms with Gasteiger partial charge in [-0.1, -0.05) is 5.16 Å². The number of likely N-dealkylation sites (tertiary alicyclic amines) is 2. The molecule has 0 saturated carbocycles. The molecular weight excluding hydrogens is 389 g/mol. The summed E-state index contributed by atoms with van der Waals surface area (Å²) >= 11 is 0. The lowest BCUT2D eigenvalue weighted by Gasteiger charge is -2.34. The largest absolute Gasteiger partial charge is 0.417 e. The third-order valence-corrected chi connectivity index (χ3v) is 5.78. The van der Waals surface area contributed by atoms with Crippen molar-refractivity contribution in [3.63, 3.8) is 0 Å². The van der Waals surface area contributed by atoms with Gasteiger partial charge in [-0.05, 0) is 25.8 Å². The minimum atomic E-state index is -4.56. The first-order valence-electron chi connectivity index (χ1n) is 9.52. The van der Waals surface area contributed by atoms with Gasteiger partial charge in [0.05, 0.1) is 28.3 Å². The Balaban J connectivity index is 1.61. The fraction of sp³-hybridized carbons (Fsp3) is 0.579. The third-order valence-electron chi connectivity index (χ3n) is 5.78. The van der Waals surface area contributed by atoms with E-state index in [2.05, 4.69) is 10.1 Å². The van der Waals surface area contributed by atoms with E-state index in [1.165, 1.54) is 11.8 Å². The van der Waals surface area contributed by atoms with Gasteiger partial charge in [-0.25, -0.2) is 4.98 Å². The molecule has 0 bridgehead atoms. The van der Waals surface area contributed by atoms with Crippen molar-refractivity contribution in [1.82, 2.24) is 19.9 Å². The van der Waals surface area contributed by atoms with E-state index in [0.29, 0.717) is 25.9 Å². The number of aromatic nitrogens is 2. The van der Waals surface area contributed by atoms with Crippen LogP contribution in [0, 0.1) is 12.8 Å². The predicted octanol–water partition coefficient (Wildman–Crippen LogP) is 2.73. The quantitative estimate of drug-likeness (QED) is 0.761. The van der Waals surface area contributed by atoms with Crippen LogP contribution in [0.5, 0.6) is 0 Å². The smallest absolute Gasteiger partial charge is 0.345 e. The number of pyridine rings is 1. The number of hydrogen-bond donors (Lipinski definition) is 0. The Morgan fingerprint density at radius 3 is 2.72 bits per heavy atom. The fourth-order valence-electron chi connectivity index (χ4n) is 4.25. The third kappa shape index (κ3) is 3.56. The topological polar surface area (TPSA) is 79.5 Å². The van der Waals surface area contributed by atoms with Crippen molar-refractivity contribution >= 4 is 22.9 Å². The fourth-order valence-corrected chi connectivity index (χ4v) is 4.25. The number of rotatable bonds is 2. The summed E-state index contributed by atoms with van der Waals surface area (Å²) < 4.78 is 45.8. The van der Waals surface area contributed by atoms with Gasteiger partial charge >= 0.3 is 6.18 Å². The molecule has 2 aliphatic heterocycles. The van der Waals surface area contributed by atoms with Crippen LogP contribution in [0.3, 0.4) is 0 Å². The second-order valence-electron chi connectivity index (χ2n) is 7.84. The Hall–Kier alpha value is -2.65. The molecule has 0 N–H and O–H groups in total. The lowest BCUT2D eigenvalue weighted by Crippen LogP contribution is -2.43. The summed E-state index contributed by atoms with van der Waals surface area (Å²) in [5.41, 5.74) is -0.568. The SMILES string of the molecule is Cc1noc2nc(C3CCCN(C(=O)C4CC(=O)N(C)C4)C3)cc(C(F)(F)F)c12. The second kappa shape index (κ2) is 7.00. The minimum absolute atomic E-state index is 0.0699. The second-order valence-corrected chi connectivity index (χ2v) is 7.84. The maximum atomic E-state index is 13.6. The van der Waals surface area contributed by atoms with Crippen LogP contribution < -0.4 is 0 Å². The number of alkyl halides is 3. The van der Waals surface area contributed by atoms with Gasteiger partial charge in [0, 0.05) is 39.0 Å². The Labute approximate surface area is 164 Å². The van der Waals surface area contributed by atoms with Crippen molar-refractivity contribution in [2.45, 2.75) is 38.3 Å². The Bertz CT molecular complexity index is 971. The van der Waals surface area contributed by atoms with E-state index in [-0.39, 0.29) is 53.2 Å². The van der Waals surface area contributed by atoms with E-state index >= 15 is 0 Å². The number of nitrogens with zero attached hydrogens (tertiary/aromatic N) is 4. The number of amides is 2. The number of carbonyl (C=O) groups is 2. The van der Waals surface area contributed by atoms with Crippen molar-refractivity contribution in [2.75, 3.05) is 26.7 Å². The summed E-state index contributed by atoms with van der Waals surface area (Å²) in [6, 6.07) is 1.05. The molecule has 0 radical (unpaired) electrons. The number of fused-ring (bicyclic) bond motifs is 1. The van der Waals surface area contributed by atoms with Crippen LogP contribution in [0.2, 0.25) is 0 Å². The lowest BCUT2D eigenvalue weighted by molar-refractivity contribution is -0.137. The molecule has 156 valence electrons. The van der Waals surface area contributed by atoms with E-state index in [0.717, 1.165) is 6.07 Å². The number of hydrogen-bond acceptors (Lipinski definition) is 5. The number of halogens is 3. The van der Waals surface area contributed by atoms with Gasteiger partial charge in [0.15, 0.2) is 0 Å². The Morgan fingerprint density at radius 1 is 1.31 bits per heavy atom. The van der Waals surface area contributed by atoms with E-state index < -0.39 is 17.7 Å². The highest BCUT2D eigenvalue weighted by Crippen LogP contribution is 2.38. The predicted molar refractivity (Wildman–Crippen MR) is 95.8 cm³/mol. The molecular formula is C19H21F3N4O3. The highest BCUT2D eigenvalue weighted by Gasteiger charge is 2.39. The molecule has 2 atom stereocenters. The van der Waals surface area contributed by atoms with Crippen LogP contribution in [0.15, 0.2) is 10.6 Å². The molecule has 2 fully saturated rings. The Kier molecular flexibility index (Phi) is 4.74. The van der Waals surface area contributed by atoms with E-state index in [1.54, 1.807) is 11.9 Å². The molecule has 4 heterocycles.